The molecule has 27 heavy (non-hydrogen) atoms. The van der Waals surface area contributed by atoms with Gasteiger partial charge in [-0.05, 0) is 18.9 Å². The van der Waals surface area contributed by atoms with Crippen molar-refractivity contribution in [2.24, 2.45) is 11.7 Å². The Morgan fingerprint density at radius 2 is 2.19 bits per heavy atom. The summed E-state index contributed by atoms with van der Waals surface area (Å²) in [5.74, 6) is -0.813. The molecule has 0 bridgehead atoms. The van der Waals surface area contributed by atoms with Gasteiger partial charge in [-0.1, -0.05) is 0 Å². The molecule has 3 N–H and O–H groups in total. The van der Waals surface area contributed by atoms with Gasteiger partial charge in [0.1, 0.15) is 0 Å². The molecule has 10 nitrogen and oxygen atoms in total. The minimum atomic E-state index is -3.90. The van der Waals surface area contributed by atoms with E-state index in [0.29, 0.717) is 25.9 Å². The van der Waals surface area contributed by atoms with Crippen molar-refractivity contribution in [3.63, 3.8) is 0 Å². The second kappa shape index (κ2) is 9.83. The van der Waals surface area contributed by atoms with Gasteiger partial charge in [0, 0.05) is 38.3 Å². The van der Waals surface area contributed by atoms with Crippen molar-refractivity contribution in [1.29, 1.82) is 0 Å². The van der Waals surface area contributed by atoms with E-state index in [1.807, 2.05) is 0 Å². The zero-order valence-corrected chi connectivity index (χ0v) is 16.4. The van der Waals surface area contributed by atoms with E-state index in [-0.39, 0.29) is 47.7 Å². The summed E-state index contributed by atoms with van der Waals surface area (Å²) in [6.07, 6.45) is 1.13. The third kappa shape index (κ3) is 5.28. The number of ether oxygens (including phenoxy) is 1. The SMILES string of the molecule is COc1cc(S(=O)(=O)N2CCCC(C(=O)NCCN)C2)ccc1[N+](=O)[O-].Cl. The maximum atomic E-state index is 12.9. The largest absolute Gasteiger partial charge is 0.490 e. The number of hydrogen-bond donors (Lipinski definition) is 2. The molecular formula is C15H23ClN4O6S. The molecular weight excluding hydrogens is 400 g/mol. The standard InChI is InChI=1S/C15H22N4O6S.ClH/c1-25-14-9-12(4-5-13(14)19(21)22)26(23,24)18-8-2-3-11(10-18)15(20)17-7-6-16;/h4-5,9,11H,2-3,6-8,10,16H2,1H3,(H,17,20);1H. The van der Waals surface area contributed by atoms with E-state index in [4.69, 9.17) is 10.5 Å². The molecule has 1 atom stereocenters. The van der Waals surface area contributed by atoms with Gasteiger partial charge in [0.2, 0.25) is 15.9 Å². The van der Waals surface area contributed by atoms with E-state index < -0.39 is 20.9 Å². The first kappa shape index (κ1) is 23.1. The van der Waals surface area contributed by atoms with Crippen molar-refractivity contribution in [1.82, 2.24) is 9.62 Å². The third-order valence-electron chi connectivity index (χ3n) is 4.18. The van der Waals surface area contributed by atoms with Crippen molar-refractivity contribution < 1.29 is 22.9 Å². The first-order valence-corrected chi connectivity index (χ1v) is 9.55. The van der Waals surface area contributed by atoms with Crippen LogP contribution in [0.5, 0.6) is 5.75 Å². The quantitative estimate of drug-likeness (QED) is 0.480. The van der Waals surface area contributed by atoms with Crippen LogP contribution in [0, 0.1) is 16.0 Å². The van der Waals surface area contributed by atoms with Crippen LogP contribution in [0.25, 0.3) is 0 Å². The number of nitrogens with zero attached hydrogens (tertiary/aromatic N) is 2. The number of nitrogens with one attached hydrogen (secondary N) is 1. The van der Waals surface area contributed by atoms with Gasteiger partial charge in [-0.2, -0.15) is 4.31 Å². The Hall–Kier alpha value is -1.95. The Kier molecular flexibility index (Phi) is 8.41. The number of carbonyl (C=O) groups excluding carboxylic acids is 1. The van der Waals surface area contributed by atoms with Crippen LogP contribution in [0.15, 0.2) is 23.1 Å². The zero-order chi connectivity index (χ0) is 19.3. The minimum Gasteiger partial charge on any atom is -0.490 e. The lowest BCUT2D eigenvalue weighted by molar-refractivity contribution is -0.385. The van der Waals surface area contributed by atoms with Crippen LogP contribution >= 0.6 is 12.4 Å². The fourth-order valence-electron chi connectivity index (χ4n) is 2.83. The van der Waals surface area contributed by atoms with E-state index in [1.165, 1.54) is 17.5 Å². The summed E-state index contributed by atoms with van der Waals surface area (Å²) in [6.45, 7) is 0.977. The number of carbonyl (C=O) groups is 1. The Bertz CT molecular complexity index is 789. The Morgan fingerprint density at radius 3 is 2.78 bits per heavy atom. The number of nitro benzene ring substituents is 1. The van der Waals surface area contributed by atoms with Crippen LogP contribution in [-0.2, 0) is 14.8 Å². The van der Waals surface area contributed by atoms with Crippen LogP contribution in [-0.4, -0.2) is 56.8 Å². The molecule has 1 unspecified atom stereocenters. The molecule has 1 aromatic carbocycles. The maximum absolute atomic E-state index is 12.9. The monoisotopic (exact) mass is 422 g/mol. The smallest absolute Gasteiger partial charge is 0.310 e. The molecule has 0 radical (unpaired) electrons. The molecule has 1 amide bonds. The fourth-order valence-corrected chi connectivity index (χ4v) is 4.37. The second-order valence-electron chi connectivity index (χ2n) is 5.87. The molecule has 1 aromatic rings. The molecule has 0 saturated carbocycles. The first-order chi connectivity index (χ1) is 12.3. The van der Waals surface area contributed by atoms with Crippen LogP contribution in [0.4, 0.5) is 5.69 Å². The van der Waals surface area contributed by atoms with E-state index >= 15 is 0 Å². The fraction of sp³-hybridized carbons (Fsp3) is 0.533. The summed E-state index contributed by atoms with van der Waals surface area (Å²) in [6, 6.07) is 3.40. The highest BCUT2D eigenvalue weighted by Gasteiger charge is 2.34. The van der Waals surface area contributed by atoms with Gasteiger partial charge in [-0.25, -0.2) is 8.42 Å². The Balaban J connectivity index is 0.00000364. The number of nitrogens with two attached hydrogens (primary N) is 1. The number of hydrogen-bond acceptors (Lipinski definition) is 7. The molecule has 0 aromatic heterocycles. The van der Waals surface area contributed by atoms with E-state index in [2.05, 4.69) is 5.32 Å². The van der Waals surface area contributed by atoms with Gasteiger partial charge in [0.25, 0.3) is 0 Å². The zero-order valence-electron chi connectivity index (χ0n) is 14.8. The van der Waals surface area contributed by atoms with Gasteiger partial charge < -0.3 is 15.8 Å². The lowest BCUT2D eigenvalue weighted by Gasteiger charge is -2.31. The van der Waals surface area contributed by atoms with Gasteiger partial charge >= 0.3 is 5.69 Å². The van der Waals surface area contributed by atoms with Gasteiger partial charge in [0.15, 0.2) is 5.75 Å². The highest BCUT2D eigenvalue weighted by molar-refractivity contribution is 7.89. The summed E-state index contributed by atoms with van der Waals surface area (Å²) in [4.78, 5) is 22.3. The molecule has 1 aliphatic heterocycles. The molecule has 1 aliphatic rings. The van der Waals surface area contributed by atoms with Gasteiger partial charge in [-0.3, -0.25) is 14.9 Å². The molecule has 1 heterocycles. The molecule has 152 valence electrons. The summed E-state index contributed by atoms with van der Waals surface area (Å²) in [7, 11) is -2.66. The van der Waals surface area contributed by atoms with Crippen molar-refractivity contribution in [2.75, 3.05) is 33.3 Å². The normalized spacial score (nSPS) is 17.6. The molecule has 0 spiro atoms. The van der Waals surface area contributed by atoms with Crippen molar-refractivity contribution in [3.8, 4) is 5.75 Å². The molecule has 2 rings (SSSR count). The van der Waals surface area contributed by atoms with Crippen molar-refractivity contribution in [2.45, 2.75) is 17.7 Å². The average molecular weight is 423 g/mol. The predicted molar refractivity (Wildman–Crippen MR) is 100 cm³/mol. The number of halogens is 1. The molecule has 1 saturated heterocycles. The van der Waals surface area contributed by atoms with Gasteiger partial charge in [-0.15, -0.1) is 12.4 Å². The number of sulfonamides is 1. The third-order valence-corrected chi connectivity index (χ3v) is 6.05. The highest BCUT2D eigenvalue weighted by Crippen LogP contribution is 2.31. The molecule has 0 aliphatic carbocycles. The minimum absolute atomic E-state index is 0. The van der Waals surface area contributed by atoms with Crippen molar-refractivity contribution >= 4 is 34.0 Å². The average Bonchev–Trinajstić information content (AvgIpc) is 2.65. The summed E-state index contributed by atoms with van der Waals surface area (Å²) in [5.41, 5.74) is 5.04. The highest BCUT2D eigenvalue weighted by atomic mass is 35.5. The van der Waals surface area contributed by atoms with Crippen LogP contribution < -0.4 is 15.8 Å². The molecule has 12 heteroatoms. The maximum Gasteiger partial charge on any atom is 0.310 e. The lowest BCUT2D eigenvalue weighted by atomic mass is 9.99. The Labute approximate surface area is 163 Å². The lowest BCUT2D eigenvalue weighted by Crippen LogP contribution is -2.46. The van der Waals surface area contributed by atoms with Crippen LogP contribution in [0.3, 0.4) is 0 Å². The second-order valence-corrected chi connectivity index (χ2v) is 7.81. The molecule has 1 fully saturated rings. The number of methoxy groups -OCH3 is 1. The topological polar surface area (TPSA) is 145 Å². The first-order valence-electron chi connectivity index (χ1n) is 8.11. The summed E-state index contributed by atoms with van der Waals surface area (Å²) in [5, 5.41) is 13.6. The van der Waals surface area contributed by atoms with E-state index in [0.717, 1.165) is 12.1 Å². The number of amides is 1. The summed E-state index contributed by atoms with van der Waals surface area (Å²) < 4.78 is 31.9. The predicted octanol–water partition coefficient (Wildman–Crippen LogP) is 0.501. The van der Waals surface area contributed by atoms with Gasteiger partial charge in [0.05, 0.1) is 22.8 Å². The Morgan fingerprint density at radius 1 is 1.48 bits per heavy atom. The number of piperidine rings is 1. The van der Waals surface area contributed by atoms with Crippen LogP contribution in [0.1, 0.15) is 12.8 Å². The summed E-state index contributed by atoms with van der Waals surface area (Å²) >= 11 is 0. The van der Waals surface area contributed by atoms with E-state index in [9.17, 15) is 23.3 Å². The number of benzene rings is 1. The number of nitro groups is 1. The van der Waals surface area contributed by atoms with Crippen LogP contribution in [0.2, 0.25) is 0 Å². The van der Waals surface area contributed by atoms with E-state index in [1.54, 1.807) is 0 Å². The van der Waals surface area contributed by atoms with Crippen molar-refractivity contribution in [3.05, 3.63) is 28.3 Å². The number of rotatable bonds is 7.